The Morgan fingerprint density at radius 1 is 1.42 bits per heavy atom. The van der Waals surface area contributed by atoms with Gasteiger partial charge in [-0.15, -0.1) is 0 Å². The van der Waals surface area contributed by atoms with E-state index in [9.17, 15) is 4.39 Å². The average Bonchev–Trinajstić information content (AvgIpc) is 2.07. The smallest absolute Gasteiger partial charge is 0.123 e. The van der Waals surface area contributed by atoms with E-state index in [4.69, 9.17) is 0 Å². The molecule has 0 N–H and O–H groups in total. The number of rotatable bonds is 0. The molecule has 0 nitrogen and oxygen atoms in total. The van der Waals surface area contributed by atoms with E-state index >= 15 is 0 Å². The summed E-state index contributed by atoms with van der Waals surface area (Å²) in [6, 6.07) is 6.08. The fourth-order valence-corrected chi connectivity index (χ4v) is 1.63. The zero-order valence-electron chi connectivity index (χ0n) is 7.05. The van der Waals surface area contributed by atoms with E-state index in [1.54, 1.807) is 6.08 Å². The lowest BCUT2D eigenvalue weighted by molar-refractivity contribution is 0.396. The highest BCUT2D eigenvalue weighted by molar-refractivity contribution is 5.59. The van der Waals surface area contributed by atoms with Crippen LogP contribution < -0.4 is 0 Å². The molecular formula is C11H11F. The number of alkyl halides is 1. The highest BCUT2D eigenvalue weighted by Gasteiger charge is 2.13. The first-order valence-corrected chi connectivity index (χ1v) is 4.18. The number of hydrogen-bond acceptors (Lipinski definition) is 0. The van der Waals surface area contributed by atoms with Gasteiger partial charge in [-0.1, -0.05) is 24.3 Å². The molecule has 1 unspecified atom stereocenters. The van der Waals surface area contributed by atoms with Gasteiger partial charge in [-0.2, -0.15) is 0 Å². The summed E-state index contributed by atoms with van der Waals surface area (Å²) >= 11 is 0. The van der Waals surface area contributed by atoms with E-state index in [0.29, 0.717) is 6.42 Å². The summed E-state index contributed by atoms with van der Waals surface area (Å²) in [5.41, 5.74) is 3.52. The molecule has 0 spiro atoms. The second kappa shape index (κ2) is 2.74. The van der Waals surface area contributed by atoms with Crippen molar-refractivity contribution in [2.24, 2.45) is 0 Å². The van der Waals surface area contributed by atoms with Gasteiger partial charge in [-0.05, 0) is 29.7 Å². The number of hydrogen-bond donors (Lipinski definition) is 0. The summed E-state index contributed by atoms with van der Waals surface area (Å²) in [5, 5.41) is 0. The first-order chi connectivity index (χ1) is 5.77. The molecule has 0 aliphatic heterocycles. The molecule has 0 bridgehead atoms. The summed E-state index contributed by atoms with van der Waals surface area (Å²) < 4.78 is 13.0. The van der Waals surface area contributed by atoms with E-state index in [1.807, 2.05) is 31.2 Å². The fraction of sp³-hybridized carbons (Fsp3) is 0.273. The van der Waals surface area contributed by atoms with Gasteiger partial charge in [-0.3, -0.25) is 0 Å². The molecule has 0 amide bonds. The summed E-state index contributed by atoms with van der Waals surface area (Å²) in [5.74, 6) is 0. The Morgan fingerprint density at radius 3 is 3.08 bits per heavy atom. The van der Waals surface area contributed by atoms with Crippen LogP contribution in [0.2, 0.25) is 0 Å². The summed E-state index contributed by atoms with van der Waals surface area (Å²) in [7, 11) is 0. The predicted molar refractivity (Wildman–Crippen MR) is 48.8 cm³/mol. The largest absolute Gasteiger partial charge is 0.243 e. The monoisotopic (exact) mass is 162 g/mol. The van der Waals surface area contributed by atoms with Crippen LogP contribution in [0.1, 0.15) is 16.7 Å². The first kappa shape index (κ1) is 7.53. The fourth-order valence-electron chi connectivity index (χ4n) is 1.63. The predicted octanol–water partition coefficient (Wildman–Crippen LogP) is 2.90. The second-order valence-electron chi connectivity index (χ2n) is 3.22. The van der Waals surface area contributed by atoms with Crippen molar-refractivity contribution in [3.8, 4) is 0 Å². The molecule has 0 aromatic heterocycles. The Kier molecular flexibility index (Phi) is 1.72. The number of halogens is 1. The molecule has 1 aliphatic carbocycles. The number of benzene rings is 1. The standard InChI is InChI=1S/C11H11F/c1-8-3-2-4-9-5-6-10(12)7-11(8)9/h2-6,10H,7H2,1H3. The second-order valence-corrected chi connectivity index (χ2v) is 3.22. The van der Waals surface area contributed by atoms with Crippen LogP contribution in [0.4, 0.5) is 4.39 Å². The third kappa shape index (κ3) is 1.15. The van der Waals surface area contributed by atoms with Crippen LogP contribution in [0.25, 0.3) is 6.08 Å². The van der Waals surface area contributed by atoms with Gasteiger partial charge >= 0.3 is 0 Å². The van der Waals surface area contributed by atoms with E-state index in [2.05, 4.69) is 0 Å². The van der Waals surface area contributed by atoms with Crippen LogP contribution in [0.3, 0.4) is 0 Å². The van der Waals surface area contributed by atoms with Crippen LogP contribution in [-0.2, 0) is 6.42 Å². The molecule has 1 aromatic rings. The zero-order chi connectivity index (χ0) is 8.55. The minimum Gasteiger partial charge on any atom is -0.243 e. The minimum atomic E-state index is -0.793. The molecule has 1 atom stereocenters. The van der Waals surface area contributed by atoms with Crippen LogP contribution >= 0.6 is 0 Å². The van der Waals surface area contributed by atoms with Crippen LogP contribution in [0, 0.1) is 6.92 Å². The van der Waals surface area contributed by atoms with Gasteiger partial charge in [0.1, 0.15) is 6.17 Å². The SMILES string of the molecule is Cc1cccc2c1CC(F)C=C2. The maximum Gasteiger partial charge on any atom is 0.123 e. The molecule has 0 radical (unpaired) electrons. The molecule has 2 rings (SSSR count). The molecule has 62 valence electrons. The van der Waals surface area contributed by atoms with Crippen molar-refractivity contribution in [2.45, 2.75) is 19.5 Å². The quantitative estimate of drug-likeness (QED) is 0.550. The van der Waals surface area contributed by atoms with E-state index in [1.165, 1.54) is 11.1 Å². The molecule has 1 aliphatic rings. The lowest BCUT2D eigenvalue weighted by atomic mass is 9.93. The Labute approximate surface area is 71.7 Å². The van der Waals surface area contributed by atoms with E-state index in [0.717, 1.165) is 5.56 Å². The Morgan fingerprint density at radius 2 is 2.25 bits per heavy atom. The maximum absolute atomic E-state index is 13.0. The van der Waals surface area contributed by atoms with Gasteiger partial charge in [0.05, 0.1) is 0 Å². The van der Waals surface area contributed by atoms with Gasteiger partial charge < -0.3 is 0 Å². The van der Waals surface area contributed by atoms with Crippen molar-refractivity contribution in [3.63, 3.8) is 0 Å². The number of allylic oxidation sites excluding steroid dienone is 1. The minimum absolute atomic E-state index is 0.540. The van der Waals surface area contributed by atoms with Gasteiger partial charge in [0.25, 0.3) is 0 Å². The third-order valence-corrected chi connectivity index (χ3v) is 2.33. The highest BCUT2D eigenvalue weighted by atomic mass is 19.1. The lowest BCUT2D eigenvalue weighted by Gasteiger charge is -2.15. The summed E-state index contributed by atoms with van der Waals surface area (Å²) in [6.45, 7) is 2.03. The van der Waals surface area contributed by atoms with Gasteiger partial charge in [0, 0.05) is 6.42 Å². The first-order valence-electron chi connectivity index (χ1n) is 4.18. The molecule has 0 heterocycles. The Balaban J connectivity index is 2.53. The van der Waals surface area contributed by atoms with Crippen molar-refractivity contribution < 1.29 is 4.39 Å². The molecule has 1 heteroatoms. The van der Waals surface area contributed by atoms with E-state index < -0.39 is 6.17 Å². The van der Waals surface area contributed by atoms with Crippen molar-refractivity contribution in [3.05, 3.63) is 41.0 Å². The topological polar surface area (TPSA) is 0 Å². The van der Waals surface area contributed by atoms with Crippen LogP contribution in [0.15, 0.2) is 24.3 Å². The molecule has 1 aromatic carbocycles. The normalized spacial score (nSPS) is 20.7. The number of fused-ring (bicyclic) bond motifs is 1. The van der Waals surface area contributed by atoms with Gasteiger partial charge in [-0.25, -0.2) is 4.39 Å². The molecule has 0 saturated carbocycles. The van der Waals surface area contributed by atoms with Crippen molar-refractivity contribution in [2.75, 3.05) is 0 Å². The van der Waals surface area contributed by atoms with Gasteiger partial charge in [0.15, 0.2) is 0 Å². The summed E-state index contributed by atoms with van der Waals surface area (Å²) in [4.78, 5) is 0. The van der Waals surface area contributed by atoms with Crippen LogP contribution in [-0.4, -0.2) is 6.17 Å². The van der Waals surface area contributed by atoms with E-state index in [-0.39, 0.29) is 0 Å². The van der Waals surface area contributed by atoms with Gasteiger partial charge in [0.2, 0.25) is 0 Å². The molecular weight excluding hydrogens is 151 g/mol. The van der Waals surface area contributed by atoms with Crippen LogP contribution in [0.5, 0.6) is 0 Å². The lowest BCUT2D eigenvalue weighted by Crippen LogP contribution is -2.08. The Bertz CT molecular complexity index is 326. The van der Waals surface area contributed by atoms with Crippen molar-refractivity contribution in [1.29, 1.82) is 0 Å². The highest BCUT2D eigenvalue weighted by Crippen LogP contribution is 2.23. The zero-order valence-corrected chi connectivity index (χ0v) is 7.05. The number of aryl methyl sites for hydroxylation is 1. The van der Waals surface area contributed by atoms with Crippen molar-refractivity contribution in [1.82, 2.24) is 0 Å². The maximum atomic E-state index is 13.0. The molecule has 12 heavy (non-hydrogen) atoms. The molecule has 0 saturated heterocycles. The summed E-state index contributed by atoms with van der Waals surface area (Å²) in [6.07, 6.45) is 3.25. The average molecular weight is 162 g/mol. The Hall–Kier alpha value is -1.11. The molecule has 0 fully saturated rings. The third-order valence-electron chi connectivity index (χ3n) is 2.33. The van der Waals surface area contributed by atoms with Crippen molar-refractivity contribution >= 4 is 6.08 Å².